The highest BCUT2D eigenvalue weighted by Gasteiger charge is 2.53. The maximum absolute atomic E-state index is 12.9. The normalized spacial score (nSPS) is 27.1. The minimum Gasteiger partial charge on any atom is -0.377 e. The first-order valence-electron chi connectivity index (χ1n) is 8.93. The summed E-state index contributed by atoms with van der Waals surface area (Å²) in [6.45, 7) is 0. The summed E-state index contributed by atoms with van der Waals surface area (Å²) in [6.07, 6.45) is 6.96. The van der Waals surface area contributed by atoms with Crippen LogP contribution in [0.15, 0.2) is 12.2 Å². The third kappa shape index (κ3) is 4.70. The lowest BCUT2D eigenvalue weighted by Crippen LogP contribution is -2.64. The van der Waals surface area contributed by atoms with Crippen molar-refractivity contribution in [2.75, 3.05) is 13.4 Å². The highest BCUT2D eigenvalue weighted by molar-refractivity contribution is 7.92. The lowest BCUT2D eigenvalue weighted by atomic mass is 9.83. The molecule has 0 spiro atoms. The molecule has 0 heterocycles. The Balaban J connectivity index is 2.38. The number of sulfone groups is 1. The summed E-state index contributed by atoms with van der Waals surface area (Å²) in [4.78, 5) is 12.3. The van der Waals surface area contributed by atoms with E-state index in [1.54, 1.807) is 6.08 Å². The number of sulfonamides is 1. The molecule has 3 atom stereocenters. The molecule has 9 nitrogen and oxygen atoms in total. The summed E-state index contributed by atoms with van der Waals surface area (Å²) in [6, 6.07) is -1.60. The Labute approximate surface area is 160 Å². The highest BCUT2D eigenvalue weighted by atomic mass is 32.2. The quantitative estimate of drug-likeness (QED) is 0.303. The van der Waals surface area contributed by atoms with Crippen molar-refractivity contribution < 1.29 is 31.6 Å². The molecule has 1 saturated carbocycles. The molecule has 1 amide bonds. The number of hydrogen-bond donors (Lipinski definition) is 3. The standard InChI is InChI=1S/C16H28N2O7S2/c1-25-12-6-8-13(9-7-12)27(23,24)18-14(15(19)17-20)16(26(2,21)22)10-4-3-5-11-16/h6,8,12-14,18,20H,3-5,7,9-11H2,1-2H3,(H,17,19). The molecule has 11 heteroatoms. The lowest BCUT2D eigenvalue weighted by molar-refractivity contribution is -0.132. The Kier molecular flexibility index (Phi) is 7.06. The number of carbonyl (C=O) groups is 1. The second-order valence-corrected chi connectivity index (χ2v) is 11.5. The van der Waals surface area contributed by atoms with Gasteiger partial charge in [-0.2, -0.15) is 0 Å². The van der Waals surface area contributed by atoms with Crippen molar-refractivity contribution in [2.45, 2.75) is 67.1 Å². The van der Waals surface area contributed by atoms with Gasteiger partial charge in [-0.3, -0.25) is 10.0 Å². The number of hydrogen-bond acceptors (Lipinski definition) is 7. The zero-order chi connectivity index (χ0) is 20.3. The molecule has 0 radical (unpaired) electrons. The van der Waals surface area contributed by atoms with Gasteiger partial charge < -0.3 is 4.74 Å². The minimum atomic E-state index is -4.05. The predicted octanol–water partition coefficient (Wildman–Crippen LogP) is 0.261. The van der Waals surface area contributed by atoms with E-state index in [1.807, 2.05) is 0 Å². The third-order valence-corrected chi connectivity index (χ3v) is 9.47. The summed E-state index contributed by atoms with van der Waals surface area (Å²) >= 11 is 0. The topological polar surface area (TPSA) is 139 Å². The van der Waals surface area contributed by atoms with E-state index in [-0.39, 0.29) is 25.4 Å². The molecular formula is C16H28N2O7S2. The van der Waals surface area contributed by atoms with Gasteiger partial charge in [-0.25, -0.2) is 27.0 Å². The fourth-order valence-electron chi connectivity index (χ4n) is 3.96. The Morgan fingerprint density at radius 1 is 1.15 bits per heavy atom. The SMILES string of the molecule is COC1C=CC(S(=O)(=O)NC(C(=O)NO)C2(S(C)(=O)=O)CCCCC2)CC1. The molecule has 2 rings (SSSR count). The van der Waals surface area contributed by atoms with Crippen LogP contribution in [-0.4, -0.2) is 63.5 Å². The first kappa shape index (κ1) is 22.3. The third-order valence-electron chi connectivity index (χ3n) is 5.60. The van der Waals surface area contributed by atoms with Gasteiger partial charge in [0.25, 0.3) is 5.91 Å². The first-order chi connectivity index (χ1) is 12.6. The summed E-state index contributed by atoms with van der Waals surface area (Å²) < 4.78 is 56.8. The highest BCUT2D eigenvalue weighted by Crippen LogP contribution is 2.38. The second-order valence-electron chi connectivity index (χ2n) is 7.24. The number of carbonyl (C=O) groups excluding carboxylic acids is 1. The van der Waals surface area contributed by atoms with E-state index in [9.17, 15) is 21.6 Å². The van der Waals surface area contributed by atoms with Gasteiger partial charge in [-0.05, 0) is 25.7 Å². The van der Waals surface area contributed by atoms with Crippen LogP contribution in [0.5, 0.6) is 0 Å². The average Bonchev–Trinajstić information content (AvgIpc) is 2.65. The van der Waals surface area contributed by atoms with Crippen molar-refractivity contribution in [2.24, 2.45) is 0 Å². The molecule has 3 unspecified atom stereocenters. The monoisotopic (exact) mass is 424 g/mol. The molecule has 0 aromatic carbocycles. The van der Waals surface area contributed by atoms with Crippen molar-refractivity contribution in [3.8, 4) is 0 Å². The van der Waals surface area contributed by atoms with Crippen LogP contribution in [0.4, 0.5) is 0 Å². The number of amides is 1. The van der Waals surface area contributed by atoms with Gasteiger partial charge in [-0.15, -0.1) is 0 Å². The Hall–Kier alpha value is -1.01. The van der Waals surface area contributed by atoms with Gasteiger partial charge in [0.2, 0.25) is 10.0 Å². The van der Waals surface area contributed by atoms with E-state index in [4.69, 9.17) is 9.94 Å². The fourth-order valence-corrected chi connectivity index (χ4v) is 7.24. The summed E-state index contributed by atoms with van der Waals surface area (Å²) in [5.41, 5.74) is 1.43. The summed E-state index contributed by atoms with van der Waals surface area (Å²) in [5, 5.41) is 8.23. The molecule has 2 aliphatic carbocycles. The van der Waals surface area contributed by atoms with Crippen molar-refractivity contribution in [1.29, 1.82) is 0 Å². The average molecular weight is 425 g/mol. The van der Waals surface area contributed by atoms with Gasteiger partial charge in [-0.1, -0.05) is 31.4 Å². The van der Waals surface area contributed by atoms with Crippen LogP contribution in [0, 0.1) is 0 Å². The Bertz CT molecular complexity index is 771. The molecule has 0 aromatic rings. The number of rotatable bonds is 7. The summed E-state index contributed by atoms with van der Waals surface area (Å²) in [5.74, 6) is -1.07. The molecule has 27 heavy (non-hydrogen) atoms. The number of hydroxylamine groups is 1. The molecular weight excluding hydrogens is 396 g/mol. The van der Waals surface area contributed by atoms with E-state index in [0.717, 1.165) is 12.7 Å². The van der Waals surface area contributed by atoms with E-state index in [1.165, 1.54) is 18.7 Å². The molecule has 0 aliphatic heterocycles. The van der Waals surface area contributed by atoms with E-state index < -0.39 is 41.8 Å². The minimum absolute atomic E-state index is 0.151. The van der Waals surface area contributed by atoms with E-state index >= 15 is 0 Å². The van der Waals surface area contributed by atoms with Crippen LogP contribution in [0.3, 0.4) is 0 Å². The van der Waals surface area contributed by atoms with Gasteiger partial charge in [0.1, 0.15) is 6.04 Å². The van der Waals surface area contributed by atoms with Crippen molar-refractivity contribution >= 4 is 25.8 Å². The molecule has 0 bridgehead atoms. The molecule has 156 valence electrons. The van der Waals surface area contributed by atoms with E-state index in [2.05, 4.69) is 4.72 Å². The fraction of sp³-hybridized carbons (Fsp3) is 0.812. The van der Waals surface area contributed by atoms with Gasteiger partial charge >= 0.3 is 0 Å². The number of ether oxygens (including phenoxy) is 1. The maximum Gasteiger partial charge on any atom is 0.263 e. The largest absolute Gasteiger partial charge is 0.377 e. The molecule has 2 aliphatic rings. The zero-order valence-corrected chi connectivity index (χ0v) is 17.2. The molecule has 0 saturated heterocycles. The second kappa shape index (κ2) is 8.56. The lowest BCUT2D eigenvalue weighted by Gasteiger charge is -2.41. The Morgan fingerprint density at radius 2 is 1.78 bits per heavy atom. The van der Waals surface area contributed by atoms with E-state index in [0.29, 0.717) is 19.3 Å². The smallest absolute Gasteiger partial charge is 0.263 e. The van der Waals surface area contributed by atoms with Gasteiger partial charge in [0.05, 0.1) is 16.1 Å². The van der Waals surface area contributed by atoms with Gasteiger partial charge in [0.15, 0.2) is 9.84 Å². The molecule has 1 fully saturated rings. The molecule has 0 aromatic heterocycles. The maximum atomic E-state index is 12.9. The summed E-state index contributed by atoms with van der Waals surface area (Å²) in [7, 11) is -6.31. The first-order valence-corrected chi connectivity index (χ1v) is 12.4. The van der Waals surface area contributed by atoms with Crippen molar-refractivity contribution in [3.63, 3.8) is 0 Å². The van der Waals surface area contributed by atoms with Crippen molar-refractivity contribution in [1.82, 2.24) is 10.2 Å². The van der Waals surface area contributed by atoms with Crippen molar-refractivity contribution in [3.05, 3.63) is 12.2 Å². The number of methoxy groups -OCH3 is 1. The predicted molar refractivity (Wildman–Crippen MR) is 99.4 cm³/mol. The van der Waals surface area contributed by atoms with Crippen LogP contribution in [0.1, 0.15) is 44.9 Å². The number of nitrogens with one attached hydrogen (secondary N) is 2. The molecule has 3 N–H and O–H groups in total. The van der Waals surface area contributed by atoms with Crippen LogP contribution in [-0.2, 0) is 29.4 Å². The van der Waals surface area contributed by atoms with Gasteiger partial charge in [0, 0.05) is 13.4 Å². The van der Waals surface area contributed by atoms with Crippen LogP contribution >= 0.6 is 0 Å². The zero-order valence-electron chi connectivity index (χ0n) is 15.5. The Morgan fingerprint density at radius 3 is 2.22 bits per heavy atom. The van der Waals surface area contributed by atoms with Crippen LogP contribution in [0.25, 0.3) is 0 Å². The van der Waals surface area contributed by atoms with Crippen LogP contribution in [0.2, 0.25) is 0 Å². The van der Waals surface area contributed by atoms with Crippen LogP contribution < -0.4 is 10.2 Å².